The molecule has 0 spiro atoms. The molecule has 96 valence electrons. The van der Waals surface area contributed by atoms with Gasteiger partial charge in [0.25, 0.3) is 0 Å². The summed E-state index contributed by atoms with van der Waals surface area (Å²) in [6.07, 6.45) is -0.969. The van der Waals surface area contributed by atoms with E-state index in [1.54, 1.807) is 6.92 Å². The average Bonchev–Trinajstić information content (AvgIpc) is 2.70. The molecule has 1 unspecified atom stereocenters. The normalized spacial score (nSPS) is 12.7. The molecule has 1 aromatic carbocycles. The largest absolute Gasteiger partial charge is 0.388 e. The van der Waals surface area contributed by atoms with E-state index in [1.165, 1.54) is 23.5 Å². The van der Waals surface area contributed by atoms with Crippen molar-refractivity contribution in [2.75, 3.05) is 0 Å². The van der Waals surface area contributed by atoms with E-state index in [-0.39, 0.29) is 12.0 Å². The molecule has 2 aromatic rings. The van der Waals surface area contributed by atoms with Gasteiger partial charge in [0.05, 0.1) is 15.5 Å². The molecule has 1 nitrogen and oxygen atoms in total. The van der Waals surface area contributed by atoms with Gasteiger partial charge >= 0.3 is 0 Å². The Balaban J connectivity index is 2.28. The highest BCUT2D eigenvalue weighted by molar-refractivity contribution is 9.11. The fraction of sp³-hybridized carbons (Fsp3) is 0.231. The minimum absolute atomic E-state index is 0.202. The second kappa shape index (κ2) is 5.47. The Bertz CT molecular complexity index is 568. The second-order valence-corrected chi connectivity index (χ2v) is 6.57. The lowest BCUT2D eigenvalue weighted by atomic mass is 10.0. The fourth-order valence-corrected chi connectivity index (χ4v) is 3.26. The smallest absolute Gasteiger partial charge is 0.134 e. The monoisotopic (exact) mass is 332 g/mol. The van der Waals surface area contributed by atoms with Crippen molar-refractivity contribution in [3.05, 3.63) is 55.7 Å². The topological polar surface area (TPSA) is 20.2 Å². The Morgan fingerprint density at radius 2 is 2.00 bits per heavy atom. The van der Waals surface area contributed by atoms with Gasteiger partial charge in [0.15, 0.2) is 0 Å². The zero-order valence-electron chi connectivity index (χ0n) is 9.58. The summed E-state index contributed by atoms with van der Waals surface area (Å²) in [6.45, 7) is 1.55. The van der Waals surface area contributed by atoms with Crippen molar-refractivity contribution in [2.45, 2.75) is 19.4 Å². The molecule has 0 fully saturated rings. The van der Waals surface area contributed by atoms with E-state index >= 15 is 0 Å². The van der Waals surface area contributed by atoms with Crippen molar-refractivity contribution in [1.82, 2.24) is 0 Å². The van der Waals surface area contributed by atoms with Crippen LogP contribution in [0.3, 0.4) is 0 Å². The van der Waals surface area contributed by atoms with Crippen molar-refractivity contribution in [2.24, 2.45) is 0 Å². The first-order chi connectivity index (χ1) is 8.49. The molecule has 0 aliphatic carbocycles. The van der Waals surface area contributed by atoms with Crippen LogP contribution in [0, 0.1) is 18.6 Å². The van der Waals surface area contributed by atoms with Gasteiger partial charge in [-0.25, -0.2) is 8.78 Å². The summed E-state index contributed by atoms with van der Waals surface area (Å²) in [5.41, 5.74) is 0.0809. The highest BCUT2D eigenvalue weighted by Crippen LogP contribution is 2.29. The number of halogens is 3. The highest BCUT2D eigenvalue weighted by atomic mass is 79.9. The number of rotatable bonds is 3. The predicted octanol–water partition coefficient (Wildman–Crippen LogP) is 4.37. The standard InChI is InChI=1S/C13H11BrF2OS/c1-7-2-4-9(15)12(13(7)16)10(17)6-8-3-5-11(14)18-8/h2-5,10,17H,6H2,1H3. The van der Waals surface area contributed by atoms with E-state index in [0.29, 0.717) is 5.56 Å². The molecule has 1 heterocycles. The molecule has 0 saturated carbocycles. The van der Waals surface area contributed by atoms with E-state index in [9.17, 15) is 13.9 Å². The van der Waals surface area contributed by atoms with Crippen LogP contribution in [0.2, 0.25) is 0 Å². The van der Waals surface area contributed by atoms with Gasteiger partial charge in [-0.2, -0.15) is 0 Å². The number of hydrogen-bond donors (Lipinski definition) is 1. The van der Waals surface area contributed by atoms with Gasteiger partial charge < -0.3 is 5.11 Å². The Kier molecular flexibility index (Phi) is 4.14. The third-order valence-corrected chi connectivity index (χ3v) is 4.32. The molecule has 2 rings (SSSR count). The third kappa shape index (κ3) is 2.79. The van der Waals surface area contributed by atoms with Crippen LogP contribution in [0.15, 0.2) is 28.1 Å². The molecule has 0 amide bonds. The van der Waals surface area contributed by atoms with E-state index < -0.39 is 17.7 Å². The number of aryl methyl sites for hydroxylation is 1. The molecule has 18 heavy (non-hydrogen) atoms. The summed E-state index contributed by atoms with van der Waals surface area (Å²) in [4.78, 5) is 0.870. The van der Waals surface area contributed by atoms with Crippen LogP contribution in [0.1, 0.15) is 22.1 Å². The van der Waals surface area contributed by atoms with Gasteiger partial charge in [0.1, 0.15) is 11.6 Å². The van der Waals surface area contributed by atoms with Crippen molar-refractivity contribution < 1.29 is 13.9 Å². The Morgan fingerprint density at radius 3 is 2.61 bits per heavy atom. The van der Waals surface area contributed by atoms with Gasteiger partial charge in [-0.15, -0.1) is 11.3 Å². The number of hydrogen-bond acceptors (Lipinski definition) is 2. The Morgan fingerprint density at radius 1 is 1.28 bits per heavy atom. The summed E-state index contributed by atoms with van der Waals surface area (Å²) < 4.78 is 28.3. The number of benzene rings is 1. The molecule has 1 atom stereocenters. The lowest BCUT2D eigenvalue weighted by Crippen LogP contribution is -2.07. The van der Waals surface area contributed by atoms with Gasteiger partial charge in [-0.1, -0.05) is 6.07 Å². The summed E-state index contributed by atoms with van der Waals surface area (Å²) in [6, 6.07) is 6.21. The molecule has 0 bridgehead atoms. The van der Waals surface area contributed by atoms with Crippen molar-refractivity contribution in [1.29, 1.82) is 0 Å². The maximum Gasteiger partial charge on any atom is 0.134 e. The van der Waals surface area contributed by atoms with Crippen molar-refractivity contribution in [3.63, 3.8) is 0 Å². The second-order valence-electron chi connectivity index (χ2n) is 4.02. The average molecular weight is 333 g/mol. The van der Waals surface area contributed by atoms with Crippen molar-refractivity contribution in [3.8, 4) is 0 Å². The summed E-state index contributed by atoms with van der Waals surface area (Å²) in [5, 5.41) is 9.98. The highest BCUT2D eigenvalue weighted by Gasteiger charge is 2.20. The minimum atomic E-state index is -1.17. The summed E-state index contributed by atoms with van der Waals surface area (Å²) in [5.74, 6) is -1.38. The molecule has 1 aromatic heterocycles. The van der Waals surface area contributed by atoms with Crippen LogP contribution in [0.4, 0.5) is 8.78 Å². The minimum Gasteiger partial charge on any atom is -0.388 e. The van der Waals surface area contributed by atoms with E-state index in [2.05, 4.69) is 15.9 Å². The fourth-order valence-electron chi connectivity index (χ4n) is 1.74. The quantitative estimate of drug-likeness (QED) is 0.884. The first-order valence-electron chi connectivity index (χ1n) is 5.36. The van der Waals surface area contributed by atoms with E-state index in [1.807, 2.05) is 12.1 Å². The van der Waals surface area contributed by atoms with Crippen LogP contribution in [0.25, 0.3) is 0 Å². The number of aliphatic hydroxyl groups excluding tert-OH is 1. The summed E-state index contributed by atoms with van der Waals surface area (Å²) >= 11 is 4.75. The van der Waals surface area contributed by atoms with Gasteiger partial charge in [0, 0.05) is 11.3 Å². The van der Waals surface area contributed by atoms with Crippen LogP contribution >= 0.6 is 27.3 Å². The number of aliphatic hydroxyl groups is 1. The van der Waals surface area contributed by atoms with E-state index in [0.717, 1.165) is 8.66 Å². The maximum absolute atomic E-state index is 13.8. The molecule has 0 aliphatic heterocycles. The lowest BCUT2D eigenvalue weighted by molar-refractivity contribution is 0.169. The molecule has 0 radical (unpaired) electrons. The Hall–Kier alpha value is -0.780. The molecule has 0 aliphatic rings. The molecule has 0 saturated heterocycles. The van der Waals surface area contributed by atoms with Crippen LogP contribution < -0.4 is 0 Å². The SMILES string of the molecule is Cc1ccc(F)c(C(O)Cc2ccc(Br)s2)c1F. The zero-order valence-corrected chi connectivity index (χ0v) is 12.0. The van der Waals surface area contributed by atoms with Crippen LogP contribution in [-0.4, -0.2) is 5.11 Å². The first kappa shape index (κ1) is 13.6. The Labute approximate surface area is 116 Å². The van der Waals surface area contributed by atoms with E-state index in [4.69, 9.17) is 0 Å². The van der Waals surface area contributed by atoms with Crippen LogP contribution in [-0.2, 0) is 6.42 Å². The number of thiophene rings is 1. The van der Waals surface area contributed by atoms with Crippen molar-refractivity contribution >= 4 is 27.3 Å². The third-order valence-electron chi connectivity index (χ3n) is 2.68. The van der Waals surface area contributed by atoms with Gasteiger partial charge in [0.2, 0.25) is 0 Å². The van der Waals surface area contributed by atoms with Gasteiger partial charge in [-0.3, -0.25) is 0 Å². The molecular formula is C13H11BrF2OS. The summed E-state index contributed by atoms with van der Waals surface area (Å²) in [7, 11) is 0. The molecular weight excluding hydrogens is 322 g/mol. The zero-order chi connectivity index (χ0) is 13.3. The molecule has 5 heteroatoms. The lowest BCUT2D eigenvalue weighted by Gasteiger charge is -2.13. The van der Waals surface area contributed by atoms with Crippen LogP contribution in [0.5, 0.6) is 0 Å². The predicted molar refractivity (Wildman–Crippen MR) is 71.8 cm³/mol. The van der Waals surface area contributed by atoms with Gasteiger partial charge in [-0.05, 0) is 46.6 Å². The first-order valence-corrected chi connectivity index (χ1v) is 6.96. The molecule has 1 N–H and O–H groups in total. The maximum atomic E-state index is 13.8.